The van der Waals surface area contributed by atoms with Crippen LogP contribution in [-0.4, -0.2) is 25.0 Å². The molecule has 0 radical (unpaired) electrons. The zero-order valence-corrected chi connectivity index (χ0v) is 14.3. The van der Waals surface area contributed by atoms with Crippen molar-refractivity contribution >= 4 is 23.5 Å². The molecule has 0 spiro atoms. The van der Waals surface area contributed by atoms with Crippen LogP contribution >= 0.6 is 0 Å². The molecule has 3 aromatic rings. The zero-order chi connectivity index (χ0) is 19.2. The molecule has 0 bridgehead atoms. The lowest BCUT2D eigenvalue weighted by atomic mass is 10.2. The van der Waals surface area contributed by atoms with Crippen molar-refractivity contribution in [3.05, 3.63) is 83.8 Å². The molecule has 7 nitrogen and oxygen atoms in total. The summed E-state index contributed by atoms with van der Waals surface area (Å²) in [6, 6.07) is 15.4. The smallest absolute Gasteiger partial charge is 0.343 e. The van der Waals surface area contributed by atoms with Crippen LogP contribution in [0.5, 0.6) is 5.75 Å². The number of benzene rings is 2. The molecular formula is C20H15NO6. The lowest BCUT2D eigenvalue weighted by Gasteiger charge is -2.07. The van der Waals surface area contributed by atoms with Crippen LogP contribution < -0.4 is 10.1 Å². The number of methoxy groups -OCH3 is 1. The number of esters is 2. The van der Waals surface area contributed by atoms with Gasteiger partial charge in [0.05, 0.1) is 24.5 Å². The second-order valence-electron chi connectivity index (χ2n) is 5.42. The molecule has 27 heavy (non-hydrogen) atoms. The Morgan fingerprint density at radius 1 is 0.889 bits per heavy atom. The van der Waals surface area contributed by atoms with E-state index < -0.39 is 17.8 Å². The molecule has 0 aliphatic carbocycles. The SMILES string of the molecule is COC(=O)c1ccc(OC(=O)c2cccc(NC(=O)c3ccco3)c2)cc1. The fraction of sp³-hybridized carbons (Fsp3) is 0.0500. The van der Waals surface area contributed by atoms with E-state index in [1.807, 2.05) is 0 Å². The van der Waals surface area contributed by atoms with E-state index in [2.05, 4.69) is 10.1 Å². The second kappa shape index (κ2) is 8.01. The first-order chi connectivity index (χ1) is 13.1. The highest BCUT2D eigenvalue weighted by atomic mass is 16.5. The van der Waals surface area contributed by atoms with Crippen LogP contribution in [0.3, 0.4) is 0 Å². The van der Waals surface area contributed by atoms with Crippen LogP contribution in [0.25, 0.3) is 0 Å². The van der Waals surface area contributed by atoms with Gasteiger partial charge in [0.15, 0.2) is 5.76 Å². The zero-order valence-electron chi connectivity index (χ0n) is 14.3. The highest BCUT2D eigenvalue weighted by Gasteiger charge is 2.13. The van der Waals surface area contributed by atoms with Gasteiger partial charge in [0, 0.05) is 5.69 Å². The Morgan fingerprint density at radius 3 is 2.33 bits per heavy atom. The molecule has 0 fully saturated rings. The molecule has 0 saturated carbocycles. The summed E-state index contributed by atoms with van der Waals surface area (Å²) in [6.07, 6.45) is 1.40. The topological polar surface area (TPSA) is 94.8 Å². The molecule has 7 heteroatoms. The Hall–Kier alpha value is -3.87. The van der Waals surface area contributed by atoms with Crippen molar-refractivity contribution in [3.8, 4) is 5.75 Å². The van der Waals surface area contributed by atoms with Crippen LogP contribution in [0.15, 0.2) is 71.3 Å². The molecule has 2 aromatic carbocycles. The predicted molar refractivity (Wildman–Crippen MR) is 95.8 cm³/mol. The van der Waals surface area contributed by atoms with Crippen molar-refractivity contribution in [2.45, 2.75) is 0 Å². The van der Waals surface area contributed by atoms with Crippen LogP contribution in [0.1, 0.15) is 31.3 Å². The van der Waals surface area contributed by atoms with E-state index in [1.54, 1.807) is 24.3 Å². The summed E-state index contributed by atoms with van der Waals surface area (Å²) < 4.78 is 14.9. The van der Waals surface area contributed by atoms with Crippen LogP contribution in [0.2, 0.25) is 0 Å². The van der Waals surface area contributed by atoms with Gasteiger partial charge in [0.25, 0.3) is 5.91 Å². The minimum Gasteiger partial charge on any atom is -0.465 e. The maximum atomic E-state index is 12.3. The number of rotatable bonds is 5. The molecule has 0 aliphatic heterocycles. The van der Waals surface area contributed by atoms with E-state index in [0.717, 1.165) is 0 Å². The number of furan rings is 1. The van der Waals surface area contributed by atoms with Crippen molar-refractivity contribution in [2.24, 2.45) is 0 Å². The van der Waals surface area contributed by atoms with Crippen LogP contribution in [0.4, 0.5) is 5.69 Å². The monoisotopic (exact) mass is 365 g/mol. The minimum atomic E-state index is -0.602. The molecule has 1 amide bonds. The molecule has 3 rings (SSSR count). The predicted octanol–water partition coefficient (Wildman–Crippen LogP) is 3.54. The van der Waals surface area contributed by atoms with E-state index in [4.69, 9.17) is 9.15 Å². The third kappa shape index (κ3) is 4.40. The molecule has 136 valence electrons. The third-order valence-corrected chi connectivity index (χ3v) is 3.59. The number of nitrogens with one attached hydrogen (secondary N) is 1. The van der Waals surface area contributed by atoms with E-state index in [9.17, 15) is 14.4 Å². The van der Waals surface area contributed by atoms with Gasteiger partial charge < -0.3 is 19.2 Å². The Morgan fingerprint density at radius 2 is 1.67 bits per heavy atom. The van der Waals surface area contributed by atoms with E-state index >= 15 is 0 Å². The summed E-state index contributed by atoms with van der Waals surface area (Å²) in [5.41, 5.74) is 1.02. The lowest BCUT2D eigenvalue weighted by molar-refractivity contribution is 0.0600. The number of ether oxygens (including phenoxy) is 2. The van der Waals surface area contributed by atoms with E-state index in [-0.39, 0.29) is 17.1 Å². The van der Waals surface area contributed by atoms with Gasteiger partial charge in [0.1, 0.15) is 5.75 Å². The van der Waals surface area contributed by atoms with Crippen molar-refractivity contribution < 1.29 is 28.3 Å². The maximum Gasteiger partial charge on any atom is 0.343 e. The van der Waals surface area contributed by atoms with Gasteiger partial charge in [-0.25, -0.2) is 9.59 Å². The summed E-state index contributed by atoms with van der Waals surface area (Å²) in [5.74, 6) is -1.07. The van der Waals surface area contributed by atoms with E-state index in [1.165, 1.54) is 49.8 Å². The summed E-state index contributed by atoms with van der Waals surface area (Å²) in [4.78, 5) is 35.7. The number of amides is 1. The molecule has 1 N–H and O–H groups in total. The number of anilines is 1. The number of hydrogen-bond acceptors (Lipinski definition) is 6. The average molecular weight is 365 g/mol. The van der Waals surface area contributed by atoms with Gasteiger partial charge in [-0.1, -0.05) is 6.07 Å². The van der Waals surface area contributed by atoms with Crippen molar-refractivity contribution in [1.82, 2.24) is 0 Å². The highest BCUT2D eigenvalue weighted by Crippen LogP contribution is 2.17. The van der Waals surface area contributed by atoms with Crippen molar-refractivity contribution in [2.75, 3.05) is 12.4 Å². The van der Waals surface area contributed by atoms with Gasteiger partial charge >= 0.3 is 11.9 Å². The summed E-state index contributed by atoms with van der Waals surface area (Å²) in [6.45, 7) is 0. The Balaban J connectivity index is 1.68. The quantitative estimate of drug-likeness (QED) is 0.549. The first kappa shape index (κ1) is 17.9. The van der Waals surface area contributed by atoms with Gasteiger partial charge in [-0.3, -0.25) is 4.79 Å². The molecule has 0 aliphatic rings. The Bertz CT molecular complexity index is 960. The number of carbonyl (C=O) groups is 3. The van der Waals surface area contributed by atoms with Crippen LogP contribution in [-0.2, 0) is 4.74 Å². The Kier molecular flexibility index (Phi) is 5.32. The number of hydrogen-bond donors (Lipinski definition) is 1. The highest BCUT2D eigenvalue weighted by molar-refractivity contribution is 6.03. The lowest BCUT2D eigenvalue weighted by Crippen LogP contribution is -2.13. The fourth-order valence-corrected chi connectivity index (χ4v) is 2.27. The standard InChI is InChI=1S/C20H15NO6/c1-25-19(23)13-7-9-16(10-8-13)27-20(24)14-4-2-5-15(12-14)21-18(22)17-6-3-11-26-17/h2-12H,1H3,(H,21,22). The van der Waals surface area contributed by atoms with Gasteiger partial charge in [-0.05, 0) is 54.6 Å². The average Bonchev–Trinajstić information content (AvgIpc) is 3.23. The van der Waals surface area contributed by atoms with Crippen LogP contribution in [0, 0.1) is 0 Å². The normalized spacial score (nSPS) is 10.1. The van der Waals surface area contributed by atoms with Gasteiger partial charge in [0.2, 0.25) is 0 Å². The molecule has 0 saturated heterocycles. The number of carbonyl (C=O) groups excluding carboxylic acids is 3. The Labute approximate surface area is 154 Å². The summed E-state index contributed by atoms with van der Waals surface area (Å²) >= 11 is 0. The van der Waals surface area contributed by atoms with Crippen molar-refractivity contribution in [1.29, 1.82) is 0 Å². The van der Waals surface area contributed by atoms with Gasteiger partial charge in [-0.2, -0.15) is 0 Å². The largest absolute Gasteiger partial charge is 0.465 e. The first-order valence-electron chi connectivity index (χ1n) is 7.92. The third-order valence-electron chi connectivity index (χ3n) is 3.59. The molecular weight excluding hydrogens is 350 g/mol. The molecule has 0 unspecified atom stereocenters. The molecule has 1 heterocycles. The fourth-order valence-electron chi connectivity index (χ4n) is 2.27. The van der Waals surface area contributed by atoms with Crippen molar-refractivity contribution in [3.63, 3.8) is 0 Å². The second-order valence-corrected chi connectivity index (χ2v) is 5.42. The minimum absolute atomic E-state index is 0.161. The molecule has 1 aromatic heterocycles. The maximum absolute atomic E-state index is 12.3. The summed E-state index contributed by atoms with van der Waals surface area (Å²) in [7, 11) is 1.29. The summed E-state index contributed by atoms with van der Waals surface area (Å²) in [5, 5.41) is 2.64. The van der Waals surface area contributed by atoms with Gasteiger partial charge in [-0.15, -0.1) is 0 Å². The molecule has 0 atom stereocenters. The van der Waals surface area contributed by atoms with E-state index in [0.29, 0.717) is 11.3 Å². The first-order valence-corrected chi connectivity index (χ1v) is 7.92.